The molecule has 68 valence electrons. The van der Waals surface area contributed by atoms with E-state index in [0.717, 1.165) is 6.42 Å². The maximum atomic E-state index is 10.2. The number of hydrogen-bond acceptors (Lipinski definition) is 1. The van der Waals surface area contributed by atoms with Gasteiger partial charge in [0.25, 0.3) is 0 Å². The number of aliphatic carboxylic acids is 1. The number of carbonyl (C=O) groups is 1. The Hall–Kier alpha value is -1.57. The zero-order valence-electron chi connectivity index (χ0n) is 7.31. The third-order valence-corrected chi connectivity index (χ3v) is 1.66. The van der Waals surface area contributed by atoms with Gasteiger partial charge in [-0.1, -0.05) is 42.5 Å². The third-order valence-electron chi connectivity index (χ3n) is 1.66. The second-order valence-electron chi connectivity index (χ2n) is 2.76. The molecular formula is C11H12O2. The first-order chi connectivity index (χ1) is 6.29. The highest BCUT2D eigenvalue weighted by atomic mass is 16.4. The largest absolute Gasteiger partial charge is 0.481 e. The number of carboxylic acid groups (broad SMARTS) is 1. The Bertz CT molecular complexity index is 288. The zero-order valence-corrected chi connectivity index (χ0v) is 7.31. The molecule has 0 atom stereocenters. The van der Waals surface area contributed by atoms with E-state index in [1.807, 2.05) is 36.4 Å². The van der Waals surface area contributed by atoms with Gasteiger partial charge in [-0.3, -0.25) is 4.79 Å². The topological polar surface area (TPSA) is 37.3 Å². The average Bonchev–Trinajstić information content (AvgIpc) is 2.14. The van der Waals surface area contributed by atoms with Crippen molar-refractivity contribution in [2.24, 2.45) is 0 Å². The molecule has 0 radical (unpaired) electrons. The Labute approximate surface area is 77.5 Å². The molecule has 0 unspecified atom stereocenters. The maximum absolute atomic E-state index is 10.2. The van der Waals surface area contributed by atoms with Crippen molar-refractivity contribution in [2.45, 2.75) is 12.8 Å². The Balaban J connectivity index is 2.35. The first kappa shape index (κ1) is 9.52. The lowest BCUT2D eigenvalue weighted by Gasteiger charge is -1.93. The summed E-state index contributed by atoms with van der Waals surface area (Å²) in [4.78, 5) is 10.2. The van der Waals surface area contributed by atoms with Crippen LogP contribution in [0.25, 0.3) is 0 Å². The summed E-state index contributed by atoms with van der Waals surface area (Å²) in [6.45, 7) is 0. The lowest BCUT2D eigenvalue weighted by atomic mass is 10.1. The van der Waals surface area contributed by atoms with E-state index < -0.39 is 5.97 Å². The van der Waals surface area contributed by atoms with Crippen LogP contribution in [0.5, 0.6) is 0 Å². The molecule has 0 heterocycles. The molecule has 0 saturated carbocycles. The van der Waals surface area contributed by atoms with Gasteiger partial charge < -0.3 is 5.11 Å². The molecule has 0 aromatic heterocycles. The lowest BCUT2D eigenvalue weighted by molar-refractivity contribution is -0.136. The molecule has 1 rings (SSSR count). The molecule has 0 aliphatic heterocycles. The molecule has 0 aliphatic carbocycles. The van der Waals surface area contributed by atoms with Crippen LogP contribution in [-0.4, -0.2) is 11.1 Å². The first-order valence-electron chi connectivity index (χ1n) is 4.20. The fourth-order valence-corrected chi connectivity index (χ4v) is 1.02. The molecule has 1 aromatic rings. The quantitative estimate of drug-likeness (QED) is 0.714. The molecule has 0 bridgehead atoms. The number of rotatable bonds is 4. The summed E-state index contributed by atoms with van der Waals surface area (Å²) in [6, 6.07) is 9.95. The van der Waals surface area contributed by atoms with Crippen LogP contribution in [0.15, 0.2) is 42.5 Å². The van der Waals surface area contributed by atoms with Crippen molar-refractivity contribution in [2.75, 3.05) is 0 Å². The Morgan fingerprint density at radius 3 is 2.54 bits per heavy atom. The van der Waals surface area contributed by atoms with Crippen LogP contribution >= 0.6 is 0 Å². The van der Waals surface area contributed by atoms with E-state index in [1.54, 1.807) is 6.08 Å². The summed E-state index contributed by atoms with van der Waals surface area (Å²) < 4.78 is 0. The molecule has 0 spiro atoms. The molecule has 1 N–H and O–H groups in total. The van der Waals surface area contributed by atoms with E-state index in [4.69, 9.17) is 5.11 Å². The fourth-order valence-electron chi connectivity index (χ4n) is 1.02. The van der Waals surface area contributed by atoms with Crippen LogP contribution in [0.4, 0.5) is 0 Å². The zero-order chi connectivity index (χ0) is 9.52. The Morgan fingerprint density at radius 1 is 1.23 bits per heavy atom. The molecule has 0 saturated heterocycles. The number of carboxylic acids is 1. The van der Waals surface area contributed by atoms with E-state index in [1.165, 1.54) is 5.56 Å². The molecule has 0 amide bonds. The lowest BCUT2D eigenvalue weighted by Crippen LogP contribution is -1.90. The van der Waals surface area contributed by atoms with E-state index in [9.17, 15) is 4.79 Å². The van der Waals surface area contributed by atoms with Gasteiger partial charge >= 0.3 is 5.97 Å². The summed E-state index contributed by atoms with van der Waals surface area (Å²) in [5.41, 5.74) is 1.20. The van der Waals surface area contributed by atoms with Crippen LogP contribution in [0.1, 0.15) is 12.0 Å². The molecule has 1 aromatic carbocycles. The maximum Gasteiger partial charge on any atom is 0.307 e. The van der Waals surface area contributed by atoms with Crippen molar-refractivity contribution in [1.29, 1.82) is 0 Å². The van der Waals surface area contributed by atoms with Gasteiger partial charge in [-0.05, 0) is 12.0 Å². The first-order valence-corrected chi connectivity index (χ1v) is 4.20. The number of hydrogen-bond donors (Lipinski definition) is 1. The monoisotopic (exact) mass is 176 g/mol. The minimum Gasteiger partial charge on any atom is -0.481 e. The normalized spacial score (nSPS) is 10.5. The van der Waals surface area contributed by atoms with Crippen LogP contribution in [0.2, 0.25) is 0 Å². The van der Waals surface area contributed by atoms with Crippen molar-refractivity contribution in [1.82, 2.24) is 0 Å². The van der Waals surface area contributed by atoms with Gasteiger partial charge in [0.05, 0.1) is 6.42 Å². The van der Waals surface area contributed by atoms with Crippen LogP contribution in [0.3, 0.4) is 0 Å². The second-order valence-corrected chi connectivity index (χ2v) is 2.76. The second kappa shape index (κ2) is 5.14. The van der Waals surface area contributed by atoms with Gasteiger partial charge in [-0.25, -0.2) is 0 Å². The van der Waals surface area contributed by atoms with E-state index in [0.29, 0.717) is 0 Å². The van der Waals surface area contributed by atoms with E-state index in [2.05, 4.69) is 0 Å². The predicted molar refractivity (Wildman–Crippen MR) is 51.5 cm³/mol. The smallest absolute Gasteiger partial charge is 0.307 e. The Morgan fingerprint density at radius 2 is 1.92 bits per heavy atom. The molecule has 13 heavy (non-hydrogen) atoms. The molecule has 2 nitrogen and oxygen atoms in total. The van der Waals surface area contributed by atoms with Crippen LogP contribution < -0.4 is 0 Å². The summed E-state index contributed by atoms with van der Waals surface area (Å²) in [5, 5.41) is 8.36. The average molecular weight is 176 g/mol. The SMILES string of the molecule is O=C(O)C/C=C\Cc1ccccc1. The molecule has 0 aliphatic rings. The van der Waals surface area contributed by atoms with Gasteiger partial charge in [0.1, 0.15) is 0 Å². The van der Waals surface area contributed by atoms with Crippen molar-refractivity contribution in [3.05, 3.63) is 48.0 Å². The van der Waals surface area contributed by atoms with Crippen molar-refractivity contribution in [3.8, 4) is 0 Å². The van der Waals surface area contributed by atoms with Gasteiger partial charge in [0.15, 0.2) is 0 Å². The standard InChI is InChI=1S/C11H12O2/c12-11(13)9-5-4-8-10-6-2-1-3-7-10/h1-7H,8-9H2,(H,12,13)/b5-4-. The fraction of sp³-hybridized carbons (Fsp3) is 0.182. The number of allylic oxidation sites excluding steroid dienone is 1. The van der Waals surface area contributed by atoms with Crippen molar-refractivity contribution in [3.63, 3.8) is 0 Å². The highest BCUT2D eigenvalue weighted by molar-refractivity contribution is 5.68. The van der Waals surface area contributed by atoms with E-state index in [-0.39, 0.29) is 6.42 Å². The molecule has 0 fully saturated rings. The van der Waals surface area contributed by atoms with Crippen molar-refractivity contribution < 1.29 is 9.90 Å². The summed E-state index contributed by atoms with van der Waals surface area (Å²) >= 11 is 0. The summed E-state index contributed by atoms with van der Waals surface area (Å²) in [7, 11) is 0. The molecular weight excluding hydrogens is 164 g/mol. The van der Waals surface area contributed by atoms with Crippen LogP contribution in [-0.2, 0) is 11.2 Å². The third kappa shape index (κ3) is 4.11. The highest BCUT2D eigenvalue weighted by Gasteiger charge is 1.89. The molecule has 2 heteroatoms. The number of benzene rings is 1. The summed E-state index contributed by atoms with van der Waals surface area (Å²) in [5.74, 6) is -0.788. The van der Waals surface area contributed by atoms with E-state index >= 15 is 0 Å². The van der Waals surface area contributed by atoms with Gasteiger partial charge in [-0.15, -0.1) is 0 Å². The highest BCUT2D eigenvalue weighted by Crippen LogP contribution is 2.00. The van der Waals surface area contributed by atoms with Gasteiger partial charge in [0, 0.05) is 0 Å². The van der Waals surface area contributed by atoms with Crippen LogP contribution in [0, 0.1) is 0 Å². The minimum atomic E-state index is -0.788. The summed E-state index contributed by atoms with van der Waals surface area (Å²) in [6.07, 6.45) is 4.46. The van der Waals surface area contributed by atoms with Crippen molar-refractivity contribution >= 4 is 5.97 Å². The minimum absolute atomic E-state index is 0.104. The van der Waals surface area contributed by atoms with Gasteiger partial charge in [-0.2, -0.15) is 0 Å². The van der Waals surface area contributed by atoms with Gasteiger partial charge in [0.2, 0.25) is 0 Å². The Kier molecular flexibility index (Phi) is 3.76. The predicted octanol–water partition coefficient (Wildman–Crippen LogP) is 2.26.